The number of nitrogens with one attached hydrogen (secondary N) is 1. The maximum atomic E-state index is 11.6. The Kier molecular flexibility index (Phi) is 4.53. The molecule has 0 atom stereocenters. The van der Waals surface area contributed by atoms with Crippen LogP contribution in [0, 0.1) is 0 Å². The standard InChI is InChI=1S/C10H13BrN2O3S/c1-17(15,16)5-4-13-10(14)7-2-3-8(11)9(12)6-7/h2-3,6H,4-5,12H2,1H3,(H,13,14). The fourth-order valence-corrected chi connectivity index (χ4v) is 1.86. The van der Waals surface area contributed by atoms with Gasteiger partial charge in [0.25, 0.3) is 5.91 Å². The second-order valence-corrected chi connectivity index (χ2v) is 6.74. The molecule has 3 N–H and O–H groups in total. The Balaban J connectivity index is 2.61. The maximum absolute atomic E-state index is 11.6. The first kappa shape index (κ1) is 14.0. The highest BCUT2D eigenvalue weighted by Gasteiger charge is 2.08. The molecule has 1 rings (SSSR count). The number of anilines is 1. The molecule has 0 aliphatic carbocycles. The van der Waals surface area contributed by atoms with Crippen molar-refractivity contribution in [1.82, 2.24) is 5.32 Å². The van der Waals surface area contributed by atoms with E-state index in [1.54, 1.807) is 12.1 Å². The van der Waals surface area contributed by atoms with E-state index < -0.39 is 9.84 Å². The lowest BCUT2D eigenvalue weighted by Crippen LogP contribution is -2.28. The van der Waals surface area contributed by atoms with Gasteiger partial charge in [0, 0.05) is 28.5 Å². The Morgan fingerprint density at radius 2 is 2.12 bits per heavy atom. The normalized spacial score (nSPS) is 11.2. The van der Waals surface area contributed by atoms with Crippen LogP contribution in [0.5, 0.6) is 0 Å². The van der Waals surface area contributed by atoms with Crippen molar-refractivity contribution in [3.05, 3.63) is 28.2 Å². The molecule has 17 heavy (non-hydrogen) atoms. The monoisotopic (exact) mass is 320 g/mol. The van der Waals surface area contributed by atoms with Crippen LogP contribution in [0.4, 0.5) is 5.69 Å². The number of hydrogen-bond acceptors (Lipinski definition) is 4. The van der Waals surface area contributed by atoms with Gasteiger partial charge >= 0.3 is 0 Å². The molecule has 0 saturated carbocycles. The summed E-state index contributed by atoms with van der Waals surface area (Å²) < 4.78 is 22.5. The lowest BCUT2D eigenvalue weighted by atomic mass is 10.2. The van der Waals surface area contributed by atoms with Crippen LogP contribution < -0.4 is 11.1 Å². The van der Waals surface area contributed by atoms with E-state index in [1.807, 2.05) is 0 Å². The molecule has 7 heteroatoms. The molecular weight excluding hydrogens is 308 g/mol. The highest BCUT2D eigenvalue weighted by molar-refractivity contribution is 9.10. The number of sulfone groups is 1. The van der Waals surface area contributed by atoms with E-state index in [9.17, 15) is 13.2 Å². The molecule has 0 fully saturated rings. The third kappa shape index (κ3) is 4.74. The van der Waals surface area contributed by atoms with Gasteiger partial charge in [-0.15, -0.1) is 0 Å². The van der Waals surface area contributed by atoms with Gasteiger partial charge in [-0.1, -0.05) is 0 Å². The van der Waals surface area contributed by atoms with E-state index in [0.29, 0.717) is 15.7 Å². The fourth-order valence-electron chi connectivity index (χ4n) is 1.14. The van der Waals surface area contributed by atoms with Crippen molar-refractivity contribution in [2.45, 2.75) is 0 Å². The van der Waals surface area contributed by atoms with E-state index in [1.165, 1.54) is 6.07 Å². The zero-order chi connectivity index (χ0) is 13.1. The summed E-state index contributed by atoms with van der Waals surface area (Å²) in [5.74, 6) is -0.419. The van der Waals surface area contributed by atoms with E-state index in [-0.39, 0.29) is 18.2 Å². The van der Waals surface area contributed by atoms with E-state index in [4.69, 9.17) is 5.73 Å². The highest BCUT2D eigenvalue weighted by Crippen LogP contribution is 2.19. The van der Waals surface area contributed by atoms with E-state index in [2.05, 4.69) is 21.2 Å². The van der Waals surface area contributed by atoms with Gasteiger partial charge in [0.1, 0.15) is 9.84 Å². The molecule has 1 aromatic carbocycles. The lowest BCUT2D eigenvalue weighted by molar-refractivity contribution is 0.0956. The topological polar surface area (TPSA) is 89.3 Å². The van der Waals surface area contributed by atoms with Crippen molar-refractivity contribution in [3.63, 3.8) is 0 Å². The number of hydrogen-bond donors (Lipinski definition) is 2. The Morgan fingerprint density at radius 1 is 1.47 bits per heavy atom. The quantitative estimate of drug-likeness (QED) is 0.803. The van der Waals surface area contributed by atoms with Gasteiger partial charge in [-0.3, -0.25) is 4.79 Å². The zero-order valence-electron chi connectivity index (χ0n) is 9.23. The smallest absolute Gasteiger partial charge is 0.251 e. The number of amides is 1. The molecular formula is C10H13BrN2O3S. The number of benzene rings is 1. The number of rotatable bonds is 4. The average Bonchev–Trinajstić information content (AvgIpc) is 2.20. The Bertz CT molecular complexity index is 528. The summed E-state index contributed by atoms with van der Waals surface area (Å²) in [5.41, 5.74) is 6.49. The Hall–Kier alpha value is -1.08. The van der Waals surface area contributed by atoms with Gasteiger partial charge in [0.15, 0.2) is 0 Å². The van der Waals surface area contributed by atoms with Gasteiger partial charge in [0.2, 0.25) is 0 Å². The minimum atomic E-state index is -3.06. The second-order valence-electron chi connectivity index (χ2n) is 3.62. The minimum Gasteiger partial charge on any atom is -0.398 e. The van der Waals surface area contributed by atoms with Gasteiger partial charge in [-0.25, -0.2) is 8.42 Å². The third-order valence-electron chi connectivity index (χ3n) is 2.02. The minimum absolute atomic E-state index is 0.0786. The predicted octanol–water partition coefficient (Wildman–Crippen LogP) is 0.806. The molecule has 0 saturated heterocycles. The molecule has 0 aliphatic rings. The summed E-state index contributed by atoms with van der Waals surface area (Å²) in [6.07, 6.45) is 1.12. The molecule has 0 radical (unpaired) electrons. The maximum Gasteiger partial charge on any atom is 0.251 e. The predicted molar refractivity (Wildman–Crippen MR) is 70.6 cm³/mol. The number of carbonyl (C=O) groups is 1. The van der Waals surface area contributed by atoms with Crippen LogP contribution in [0.1, 0.15) is 10.4 Å². The molecule has 0 aromatic heterocycles. The summed E-state index contributed by atoms with van der Waals surface area (Å²) in [6, 6.07) is 4.80. The lowest BCUT2D eigenvalue weighted by Gasteiger charge is -2.06. The molecule has 0 heterocycles. The number of halogens is 1. The van der Waals surface area contributed by atoms with Crippen LogP contribution >= 0.6 is 15.9 Å². The van der Waals surface area contributed by atoms with Crippen LogP contribution in [0.25, 0.3) is 0 Å². The van der Waals surface area contributed by atoms with Crippen molar-refractivity contribution in [3.8, 4) is 0 Å². The van der Waals surface area contributed by atoms with E-state index in [0.717, 1.165) is 6.26 Å². The van der Waals surface area contributed by atoms with Gasteiger partial charge in [0.05, 0.1) is 5.75 Å². The first-order chi connectivity index (χ1) is 7.79. The SMILES string of the molecule is CS(=O)(=O)CCNC(=O)c1ccc(Br)c(N)c1. The van der Waals surface area contributed by atoms with Crippen molar-refractivity contribution < 1.29 is 13.2 Å². The van der Waals surface area contributed by atoms with Gasteiger partial charge in [-0.05, 0) is 34.1 Å². The number of nitrogens with two attached hydrogens (primary N) is 1. The van der Waals surface area contributed by atoms with Crippen LogP contribution in [-0.2, 0) is 9.84 Å². The van der Waals surface area contributed by atoms with Crippen LogP contribution in [0.2, 0.25) is 0 Å². The summed E-state index contributed by atoms with van der Waals surface area (Å²) in [5, 5.41) is 2.51. The van der Waals surface area contributed by atoms with Crippen molar-refractivity contribution >= 4 is 37.4 Å². The molecule has 0 spiro atoms. The molecule has 1 aromatic rings. The van der Waals surface area contributed by atoms with Gasteiger partial charge < -0.3 is 11.1 Å². The molecule has 1 amide bonds. The molecule has 94 valence electrons. The van der Waals surface area contributed by atoms with E-state index >= 15 is 0 Å². The van der Waals surface area contributed by atoms with Crippen molar-refractivity contribution in [2.24, 2.45) is 0 Å². The van der Waals surface area contributed by atoms with Crippen molar-refractivity contribution in [2.75, 3.05) is 24.3 Å². The summed E-state index contributed by atoms with van der Waals surface area (Å²) >= 11 is 3.22. The third-order valence-corrected chi connectivity index (χ3v) is 3.68. The molecule has 5 nitrogen and oxygen atoms in total. The summed E-state index contributed by atoms with van der Waals surface area (Å²) in [6.45, 7) is 0.0909. The molecule has 0 unspecified atom stereocenters. The Morgan fingerprint density at radius 3 is 2.65 bits per heavy atom. The highest BCUT2D eigenvalue weighted by atomic mass is 79.9. The second kappa shape index (κ2) is 5.50. The van der Waals surface area contributed by atoms with Crippen LogP contribution in [0.3, 0.4) is 0 Å². The largest absolute Gasteiger partial charge is 0.398 e. The van der Waals surface area contributed by atoms with Crippen molar-refractivity contribution in [1.29, 1.82) is 0 Å². The van der Waals surface area contributed by atoms with Gasteiger partial charge in [-0.2, -0.15) is 0 Å². The molecule has 0 bridgehead atoms. The first-order valence-corrected chi connectivity index (χ1v) is 7.66. The first-order valence-electron chi connectivity index (χ1n) is 4.80. The summed E-state index contributed by atoms with van der Waals surface area (Å²) in [4.78, 5) is 11.6. The fraction of sp³-hybridized carbons (Fsp3) is 0.300. The Labute approximate surface area is 108 Å². The zero-order valence-corrected chi connectivity index (χ0v) is 11.6. The number of carbonyl (C=O) groups excluding carboxylic acids is 1. The van der Waals surface area contributed by atoms with Crippen LogP contribution in [-0.4, -0.2) is 32.9 Å². The number of nitrogen functional groups attached to an aromatic ring is 1. The average molecular weight is 321 g/mol. The molecule has 0 aliphatic heterocycles. The summed E-state index contributed by atoms with van der Waals surface area (Å²) in [7, 11) is -3.06. The van der Waals surface area contributed by atoms with Crippen LogP contribution in [0.15, 0.2) is 22.7 Å².